The van der Waals surface area contributed by atoms with E-state index < -0.39 is 0 Å². The minimum atomic E-state index is 0.207. The molecule has 1 N–H and O–H groups in total. The molecule has 1 unspecified atom stereocenters. The fourth-order valence-electron chi connectivity index (χ4n) is 2.08. The topological polar surface area (TPSA) is 24.8 Å². The molecule has 1 aromatic rings. The van der Waals surface area contributed by atoms with E-state index in [-0.39, 0.29) is 5.91 Å². The van der Waals surface area contributed by atoms with Crippen molar-refractivity contribution in [3.05, 3.63) is 21.9 Å². The Morgan fingerprint density at radius 1 is 1.44 bits per heavy atom. The van der Waals surface area contributed by atoms with Crippen molar-refractivity contribution in [3.8, 4) is 0 Å². The highest BCUT2D eigenvalue weighted by atomic mass is 32.1. The second-order valence-electron chi connectivity index (χ2n) is 4.55. The molecule has 1 saturated heterocycles. The molecule has 16 heavy (non-hydrogen) atoms. The molecule has 0 aliphatic carbocycles. The number of carbonyl (C=O) groups excluding carboxylic acids is 1. The van der Waals surface area contributed by atoms with Gasteiger partial charge in [-0.15, -0.1) is 11.3 Å². The van der Waals surface area contributed by atoms with E-state index in [1.165, 1.54) is 16.3 Å². The lowest BCUT2D eigenvalue weighted by atomic mass is 10.2. The summed E-state index contributed by atoms with van der Waals surface area (Å²) in [4.78, 5) is 16.9. The standard InChI is InChI=1S/C12H18N2OS/c1-10-8-11(9-16-10)12(15)14-5-3-4-13(2)6-7-14/h8-9H,3-7H2,1-2H3/p+1. The number of quaternary nitrogens is 1. The molecule has 0 radical (unpaired) electrons. The van der Waals surface area contributed by atoms with Gasteiger partial charge in [-0.05, 0) is 13.0 Å². The van der Waals surface area contributed by atoms with Crippen molar-refractivity contribution in [2.24, 2.45) is 0 Å². The van der Waals surface area contributed by atoms with Crippen LogP contribution in [0.3, 0.4) is 0 Å². The van der Waals surface area contributed by atoms with Gasteiger partial charge in [-0.25, -0.2) is 0 Å². The molecule has 1 atom stereocenters. The number of nitrogens with zero attached hydrogens (tertiary/aromatic N) is 1. The Hall–Kier alpha value is -0.870. The molecule has 1 fully saturated rings. The number of amides is 1. The third kappa shape index (κ3) is 2.62. The van der Waals surface area contributed by atoms with E-state index in [2.05, 4.69) is 7.05 Å². The van der Waals surface area contributed by atoms with Crippen molar-refractivity contribution in [2.45, 2.75) is 13.3 Å². The lowest BCUT2D eigenvalue weighted by molar-refractivity contribution is -0.877. The average molecular weight is 239 g/mol. The highest BCUT2D eigenvalue weighted by Gasteiger charge is 2.20. The van der Waals surface area contributed by atoms with Gasteiger partial charge < -0.3 is 9.80 Å². The van der Waals surface area contributed by atoms with Crippen molar-refractivity contribution in [1.82, 2.24) is 4.90 Å². The zero-order valence-corrected chi connectivity index (χ0v) is 10.8. The van der Waals surface area contributed by atoms with Gasteiger partial charge in [-0.2, -0.15) is 0 Å². The fourth-order valence-corrected chi connectivity index (χ4v) is 2.75. The molecule has 1 aliphatic heterocycles. The van der Waals surface area contributed by atoms with E-state index in [1.807, 2.05) is 23.3 Å². The van der Waals surface area contributed by atoms with Crippen LogP contribution in [0.5, 0.6) is 0 Å². The maximum Gasteiger partial charge on any atom is 0.254 e. The first-order chi connectivity index (χ1) is 7.66. The molecule has 0 saturated carbocycles. The molecule has 0 bridgehead atoms. The predicted octanol–water partition coefficient (Wildman–Crippen LogP) is 0.417. The van der Waals surface area contributed by atoms with Crippen LogP contribution in [0.4, 0.5) is 0 Å². The average Bonchev–Trinajstić information content (AvgIpc) is 2.57. The summed E-state index contributed by atoms with van der Waals surface area (Å²) in [6, 6.07) is 1.99. The minimum absolute atomic E-state index is 0.207. The lowest BCUT2D eigenvalue weighted by Crippen LogP contribution is -3.09. The quantitative estimate of drug-likeness (QED) is 0.755. The summed E-state index contributed by atoms with van der Waals surface area (Å²) >= 11 is 1.65. The van der Waals surface area contributed by atoms with Gasteiger partial charge in [0, 0.05) is 23.2 Å². The van der Waals surface area contributed by atoms with E-state index in [0.29, 0.717) is 0 Å². The Kier molecular flexibility index (Phi) is 3.61. The molecule has 1 amide bonds. The molecular formula is C12H19N2OS+. The summed E-state index contributed by atoms with van der Waals surface area (Å²) < 4.78 is 0. The van der Waals surface area contributed by atoms with Gasteiger partial charge in [0.25, 0.3) is 5.91 Å². The second-order valence-corrected chi connectivity index (χ2v) is 5.66. The number of likely N-dealkylation sites (N-methyl/N-ethyl adjacent to an activating group) is 1. The Bertz CT molecular complexity index is 375. The number of rotatable bonds is 1. The van der Waals surface area contributed by atoms with Crippen molar-refractivity contribution >= 4 is 17.2 Å². The number of hydrogen-bond acceptors (Lipinski definition) is 2. The highest BCUT2D eigenvalue weighted by Crippen LogP contribution is 2.15. The minimum Gasteiger partial charge on any atom is -0.336 e. The number of thiophene rings is 1. The summed E-state index contributed by atoms with van der Waals surface area (Å²) in [7, 11) is 2.20. The normalized spacial score (nSPS) is 21.9. The number of nitrogens with one attached hydrogen (secondary N) is 1. The zero-order valence-electron chi connectivity index (χ0n) is 9.95. The Labute approximate surface area is 101 Å². The van der Waals surface area contributed by atoms with E-state index in [1.54, 1.807) is 11.3 Å². The van der Waals surface area contributed by atoms with Crippen LogP contribution >= 0.6 is 11.3 Å². The summed E-state index contributed by atoms with van der Waals surface area (Å²) in [5, 5.41) is 1.97. The van der Waals surface area contributed by atoms with Gasteiger partial charge in [0.15, 0.2) is 0 Å². The largest absolute Gasteiger partial charge is 0.336 e. The van der Waals surface area contributed by atoms with Crippen LogP contribution in [0.25, 0.3) is 0 Å². The van der Waals surface area contributed by atoms with Crippen molar-refractivity contribution < 1.29 is 9.69 Å². The van der Waals surface area contributed by atoms with Gasteiger partial charge in [0.05, 0.1) is 32.2 Å². The third-order valence-corrected chi connectivity index (χ3v) is 3.97. The smallest absolute Gasteiger partial charge is 0.254 e. The lowest BCUT2D eigenvalue weighted by Gasteiger charge is -2.18. The second kappa shape index (κ2) is 4.97. The van der Waals surface area contributed by atoms with Crippen molar-refractivity contribution in [3.63, 3.8) is 0 Å². The zero-order chi connectivity index (χ0) is 11.5. The first-order valence-electron chi connectivity index (χ1n) is 5.82. The molecule has 88 valence electrons. The first-order valence-corrected chi connectivity index (χ1v) is 6.70. The highest BCUT2D eigenvalue weighted by molar-refractivity contribution is 7.10. The first kappa shape index (κ1) is 11.6. The van der Waals surface area contributed by atoms with E-state index in [4.69, 9.17) is 0 Å². The molecule has 0 spiro atoms. The molecule has 1 aromatic heterocycles. The molecule has 2 rings (SSSR count). The van der Waals surface area contributed by atoms with Crippen LogP contribution in [0.2, 0.25) is 0 Å². The van der Waals surface area contributed by atoms with Gasteiger partial charge in [-0.3, -0.25) is 4.79 Å². The predicted molar refractivity (Wildman–Crippen MR) is 66.2 cm³/mol. The Morgan fingerprint density at radius 2 is 2.25 bits per heavy atom. The molecular weight excluding hydrogens is 220 g/mol. The number of carbonyl (C=O) groups is 1. The Balaban J connectivity index is 2.04. The van der Waals surface area contributed by atoms with Crippen LogP contribution in [0.15, 0.2) is 11.4 Å². The molecule has 3 nitrogen and oxygen atoms in total. The van der Waals surface area contributed by atoms with Crippen molar-refractivity contribution in [2.75, 3.05) is 33.2 Å². The Morgan fingerprint density at radius 3 is 2.94 bits per heavy atom. The van der Waals surface area contributed by atoms with Gasteiger partial charge in [0.2, 0.25) is 0 Å². The molecule has 2 heterocycles. The van der Waals surface area contributed by atoms with Gasteiger partial charge >= 0.3 is 0 Å². The van der Waals surface area contributed by atoms with Crippen molar-refractivity contribution in [1.29, 1.82) is 0 Å². The van der Waals surface area contributed by atoms with Crippen LogP contribution in [0, 0.1) is 6.92 Å². The van der Waals surface area contributed by atoms with Crippen LogP contribution < -0.4 is 4.90 Å². The summed E-state index contributed by atoms with van der Waals surface area (Å²) in [6.07, 6.45) is 1.11. The maximum atomic E-state index is 12.2. The number of hydrogen-bond donors (Lipinski definition) is 1. The summed E-state index contributed by atoms with van der Waals surface area (Å²) in [5.74, 6) is 0.207. The van der Waals surface area contributed by atoms with Crippen LogP contribution in [-0.2, 0) is 0 Å². The van der Waals surface area contributed by atoms with E-state index in [9.17, 15) is 4.79 Å². The molecule has 0 aromatic carbocycles. The van der Waals surface area contributed by atoms with Gasteiger partial charge in [-0.1, -0.05) is 0 Å². The monoisotopic (exact) mass is 239 g/mol. The molecule has 4 heteroatoms. The fraction of sp³-hybridized carbons (Fsp3) is 0.583. The molecule has 1 aliphatic rings. The van der Waals surface area contributed by atoms with Crippen LogP contribution in [0.1, 0.15) is 21.7 Å². The van der Waals surface area contributed by atoms with E-state index in [0.717, 1.165) is 31.6 Å². The van der Waals surface area contributed by atoms with Gasteiger partial charge in [0.1, 0.15) is 0 Å². The van der Waals surface area contributed by atoms with Crippen LogP contribution in [-0.4, -0.2) is 44.0 Å². The summed E-state index contributed by atoms with van der Waals surface area (Å²) in [6.45, 7) is 6.08. The number of aryl methyl sites for hydroxylation is 1. The SMILES string of the molecule is Cc1cc(C(=O)N2CCC[NH+](C)CC2)cs1. The third-order valence-electron chi connectivity index (χ3n) is 3.10. The van der Waals surface area contributed by atoms with E-state index >= 15 is 0 Å². The summed E-state index contributed by atoms with van der Waals surface area (Å²) in [5.41, 5.74) is 0.863. The maximum absolute atomic E-state index is 12.2.